The van der Waals surface area contributed by atoms with Crippen molar-refractivity contribution in [3.05, 3.63) is 36.0 Å². The van der Waals surface area contributed by atoms with Crippen LogP contribution in [0.25, 0.3) is 0 Å². The molecule has 0 fully saturated rings. The van der Waals surface area contributed by atoms with Crippen LogP contribution in [0.4, 0.5) is 0 Å². The van der Waals surface area contributed by atoms with Crippen LogP contribution in [0.15, 0.2) is 36.0 Å². The van der Waals surface area contributed by atoms with E-state index in [-0.39, 0.29) is 0 Å². The quantitative estimate of drug-likeness (QED) is 0.582. The number of hydrogen-bond acceptors (Lipinski definition) is 1. The molecule has 1 heteroatoms. The summed E-state index contributed by atoms with van der Waals surface area (Å²) in [7, 11) is 0. The molecule has 1 nitrogen and oxygen atoms in total. The van der Waals surface area contributed by atoms with Gasteiger partial charge < -0.3 is 5.73 Å². The van der Waals surface area contributed by atoms with Gasteiger partial charge in [-0.05, 0) is 18.4 Å². The van der Waals surface area contributed by atoms with Crippen molar-refractivity contribution in [1.82, 2.24) is 0 Å². The van der Waals surface area contributed by atoms with Crippen molar-refractivity contribution in [1.29, 1.82) is 0 Å². The molecule has 2 N–H and O–H groups in total. The van der Waals surface area contributed by atoms with Gasteiger partial charge in [-0.2, -0.15) is 0 Å². The summed E-state index contributed by atoms with van der Waals surface area (Å²) in [5, 5.41) is 0. The highest BCUT2D eigenvalue weighted by Crippen LogP contribution is 2.03. The Bertz CT molecular complexity index is 172. The van der Waals surface area contributed by atoms with Gasteiger partial charge in [0, 0.05) is 6.54 Å². The molecule has 0 aliphatic heterocycles. The molecule has 0 atom stereocenters. The molecular weight excluding hydrogens is 122 g/mol. The molecule has 0 heterocycles. The molecular formula is C9H13N. The van der Waals surface area contributed by atoms with E-state index >= 15 is 0 Å². The van der Waals surface area contributed by atoms with E-state index in [2.05, 4.69) is 24.3 Å². The summed E-state index contributed by atoms with van der Waals surface area (Å²) in [4.78, 5) is 0. The first-order chi connectivity index (χ1) is 4.93. The first-order valence-electron chi connectivity index (χ1n) is 3.66. The predicted octanol–water partition coefficient (Wildman–Crippen LogP) is 1.78. The molecule has 1 aliphatic rings. The Morgan fingerprint density at radius 3 is 3.00 bits per heavy atom. The topological polar surface area (TPSA) is 26.0 Å². The van der Waals surface area contributed by atoms with E-state index in [9.17, 15) is 0 Å². The highest BCUT2D eigenvalue weighted by Gasteiger charge is 1.88. The van der Waals surface area contributed by atoms with Gasteiger partial charge >= 0.3 is 0 Å². The lowest BCUT2D eigenvalue weighted by Gasteiger charge is -1.98. The van der Waals surface area contributed by atoms with E-state index in [0.717, 1.165) is 12.8 Å². The Morgan fingerprint density at radius 1 is 1.30 bits per heavy atom. The maximum atomic E-state index is 5.48. The van der Waals surface area contributed by atoms with Gasteiger partial charge in [0.25, 0.3) is 0 Å². The minimum Gasteiger partial charge on any atom is -0.327 e. The summed E-state index contributed by atoms with van der Waals surface area (Å²) >= 11 is 0. The van der Waals surface area contributed by atoms with Gasteiger partial charge in [-0.15, -0.1) is 0 Å². The van der Waals surface area contributed by atoms with E-state index in [1.54, 1.807) is 0 Å². The van der Waals surface area contributed by atoms with Crippen LogP contribution in [0.3, 0.4) is 0 Å². The second-order valence-electron chi connectivity index (χ2n) is 2.35. The molecule has 0 aromatic rings. The fraction of sp³-hybridized carbons (Fsp3) is 0.333. The van der Waals surface area contributed by atoms with Crippen molar-refractivity contribution >= 4 is 0 Å². The highest BCUT2D eigenvalue weighted by molar-refractivity contribution is 5.24. The van der Waals surface area contributed by atoms with Gasteiger partial charge in [-0.3, -0.25) is 0 Å². The van der Waals surface area contributed by atoms with E-state index in [1.165, 1.54) is 5.57 Å². The molecule has 0 spiro atoms. The second-order valence-corrected chi connectivity index (χ2v) is 2.35. The monoisotopic (exact) mass is 135 g/mol. The second kappa shape index (κ2) is 4.07. The Balaban J connectivity index is 2.62. The maximum absolute atomic E-state index is 5.48. The van der Waals surface area contributed by atoms with E-state index < -0.39 is 0 Å². The molecule has 1 rings (SSSR count). The molecule has 0 aromatic heterocycles. The third-order valence-electron chi connectivity index (χ3n) is 1.53. The van der Waals surface area contributed by atoms with Gasteiger partial charge in [0.1, 0.15) is 0 Å². The number of hydrogen-bond donors (Lipinski definition) is 1. The van der Waals surface area contributed by atoms with Gasteiger partial charge in [0.05, 0.1) is 0 Å². The Kier molecular flexibility index (Phi) is 2.97. The van der Waals surface area contributed by atoms with Gasteiger partial charge in [0.15, 0.2) is 0 Å². The lowest BCUT2D eigenvalue weighted by molar-refractivity contribution is 1.02. The van der Waals surface area contributed by atoms with Crippen LogP contribution in [-0.2, 0) is 0 Å². The molecule has 0 aromatic carbocycles. The van der Waals surface area contributed by atoms with Crippen LogP contribution < -0.4 is 5.73 Å². The van der Waals surface area contributed by atoms with Gasteiger partial charge in [-0.25, -0.2) is 0 Å². The SMILES string of the molecule is NCC1=C/CC/C=C/C=C\1. The summed E-state index contributed by atoms with van der Waals surface area (Å²) in [5.74, 6) is 0. The predicted molar refractivity (Wildman–Crippen MR) is 44.7 cm³/mol. The highest BCUT2D eigenvalue weighted by atomic mass is 14.5. The van der Waals surface area contributed by atoms with Gasteiger partial charge in [0.2, 0.25) is 0 Å². The Morgan fingerprint density at radius 2 is 2.20 bits per heavy atom. The van der Waals surface area contributed by atoms with Crippen molar-refractivity contribution < 1.29 is 0 Å². The van der Waals surface area contributed by atoms with Crippen LogP contribution in [0, 0.1) is 0 Å². The number of nitrogens with two attached hydrogens (primary N) is 1. The van der Waals surface area contributed by atoms with E-state index in [4.69, 9.17) is 5.73 Å². The summed E-state index contributed by atoms with van der Waals surface area (Å²) < 4.78 is 0. The minimum absolute atomic E-state index is 0.657. The summed E-state index contributed by atoms with van der Waals surface area (Å²) in [6, 6.07) is 0. The molecule has 54 valence electrons. The Labute approximate surface area is 61.9 Å². The average molecular weight is 135 g/mol. The number of rotatable bonds is 1. The third-order valence-corrected chi connectivity index (χ3v) is 1.53. The Hall–Kier alpha value is -0.820. The standard InChI is InChI=1S/C9H13N/c10-8-9-6-4-2-1-3-5-7-9/h1-2,4,6-7H,3,5,8,10H2/b2-1+,6-4-,9-7+. The molecule has 10 heavy (non-hydrogen) atoms. The van der Waals surface area contributed by atoms with Crippen molar-refractivity contribution in [2.45, 2.75) is 12.8 Å². The average Bonchev–Trinajstić information content (AvgIpc) is 1.87. The van der Waals surface area contributed by atoms with Crippen LogP contribution >= 0.6 is 0 Å². The summed E-state index contributed by atoms with van der Waals surface area (Å²) in [6.45, 7) is 0.657. The lowest BCUT2D eigenvalue weighted by Crippen LogP contribution is -2.00. The molecule has 1 aliphatic carbocycles. The first kappa shape index (κ1) is 7.29. The molecule has 0 saturated heterocycles. The van der Waals surface area contributed by atoms with Crippen molar-refractivity contribution in [3.8, 4) is 0 Å². The largest absolute Gasteiger partial charge is 0.327 e. The molecule has 0 amide bonds. The number of allylic oxidation sites excluding steroid dienone is 4. The lowest BCUT2D eigenvalue weighted by atomic mass is 10.1. The van der Waals surface area contributed by atoms with Crippen LogP contribution in [-0.4, -0.2) is 6.54 Å². The van der Waals surface area contributed by atoms with Crippen LogP contribution in [0.1, 0.15) is 12.8 Å². The van der Waals surface area contributed by atoms with Crippen LogP contribution in [0.5, 0.6) is 0 Å². The van der Waals surface area contributed by atoms with E-state index in [1.807, 2.05) is 6.08 Å². The molecule has 0 bridgehead atoms. The molecule has 0 saturated carbocycles. The third kappa shape index (κ3) is 2.19. The van der Waals surface area contributed by atoms with E-state index in [0.29, 0.717) is 6.54 Å². The smallest absolute Gasteiger partial charge is 0.0174 e. The molecule has 0 unspecified atom stereocenters. The first-order valence-corrected chi connectivity index (χ1v) is 3.66. The zero-order valence-corrected chi connectivity index (χ0v) is 6.09. The zero-order valence-electron chi connectivity index (χ0n) is 6.09. The summed E-state index contributed by atoms with van der Waals surface area (Å²) in [6.07, 6.45) is 12.8. The van der Waals surface area contributed by atoms with Crippen molar-refractivity contribution in [2.24, 2.45) is 5.73 Å². The van der Waals surface area contributed by atoms with Crippen molar-refractivity contribution in [2.75, 3.05) is 6.54 Å². The molecule has 0 radical (unpaired) electrons. The maximum Gasteiger partial charge on any atom is 0.0174 e. The minimum atomic E-state index is 0.657. The van der Waals surface area contributed by atoms with Gasteiger partial charge in [-0.1, -0.05) is 30.4 Å². The normalized spacial score (nSPS) is 29.5. The summed E-state index contributed by atoms with van der Waals surface area (Å²) in [5.41, 5.74) is 6.72. The fourth-order valence-electron chi connectivity index (χ4n) is 0.938. The zero-order chi connectivity index (χ0) is 7.23. The fourth-order valence-corrected chi connectivity index (χ4v) is 0.938. The van der Waals surface area contributed by atoms with Crippen molar-refractivity contribution in [3.63, 3.8) is 0 Å². The van der Waals surface area contributed by atoms with Crippen LogP contribution in [0.2, 0.25) is 0 Å².